The van der Waals surface area contributed by atoms with Crippen molar-refractivity contribution in [1.29, 1.82) is 0 Å². The number of phosphoric ester groups is 2. The van der Waals surface area contributed by atoms with E-state index in [4.69, 9.17) is 43.8 Å². The van der Waals surface area contributed by atoms with Gasteiger partial charge in [0.05, 0.1) is 32.5 Å². The van der Waals surface area contributed by atoms with Gasteiger partial charge in [-0.15, -0.1) is 0 Å². The van der Waals surface area contributed by atoms with Crippen LogP contribution in [0.3, 0.4) is 0 Å². The van der Waals surface area contributed by atoms with E-state index in [0.29, 0.717) is 0 Å². The summed E-state index contributed by atoms with van der Waals surface area (Å²) in [6, 6.07) is 0. The lowest BCUT2D eigenvalue weighted by Crippen LogP contribution is -2.61. The first-order valence-corrected chi connectivity index (χ1v) is 16.4. The lowest BCUT2D eigenvalue weighted by Gasteiger charge is -2.43. The first-order chi connectivity index (χ1) is 21.8. The van der Waals surface area contributed by atoms with Gasteiger partial charge >= 0.3 is 15.6 Å². The number of hydrogen-bond donors (Lipinski definition) is 6. The van der Waals surface area contributed by atoms with Gasteiger partial charge in [0.1, 0.15) is 48.0 Å². The fraction of sp³-hybridized carbons (Fsp3) is 0.524. The summed E-state index contributed by atoms with van der Waals surface area (Å²) in [5.74, 6) is -0.192. The maximum Gasteiger partial charge on any atom is 0.472 e. The molecule has 4 aliphatic rings. The van der Waals surface area contributed by atoms with E-state index in [2.05, 4.69) is 29.9 Å². The molecule has 246 valence electrons. The van der Waals surface area contributed by atoms with Crippen LogP contribution >= 0.6 is 15.6 Å². The summed E-state index contributed by atoms with van der Waals surface area (Å²) in [4.78, 5) is 56.5. The molecule has 4 unspecified atom stereocenters. The van der Waals surface area contributed by atoms with Crippen molar-refractivity contribution in [2.75, 3.05) is 31.3 Å². The fourth-order valence-electron chi connectivity index (χ4n) is 5.92. The van der Waals surface area contributed by atoms with Gasteiger partial charge in [-0.25, -0.2) is 29.1 Å². The summed E-state index contributed by atoms with van der Waals surface area (Å²) >= 11 is 0. The topological polar surface area (TPSA) is 319 Å². The number of aliphatic hydroxyl groups is 1. The first kappa shape index (κ1) is 29.9. The Kier molecular flexibility index (Phi) is 6.69. The molecule has 0 aliphatic carbocycles. The number of nitrogens with two attached hydrogens (primary N) is 2. The highest BCUT2D eigenvalue weighted by atomic mass is 31.2. The predicted octanol–water partition coefficient (Wildman–Crippen LogP) is -1.93. The minimum absolute atomic E-state index is 0.0487. The number of nitrogen functional groups attached to an aromatic ring is 2. The van der Waals surface area contributed by atoms with E-state index in [9.17, 15) is 28.8 Å². The maximum atomic E-state index is 13.4. The first-order valence-electron chi connectivity index (χ1n) is 13.4. The van der Waals surface area contributed by atoms with Crippen LogP contribution in [0.15, 0.2) is 23.8 Å². The number of nitrogens with one attached hydrogen (secondary N) is 1. The molecule has 0 spiro atoms. The number of fused-ring (bicyclic) bond motifs is 3. The number of imidazole rings is 2. The number of ether oxygens (including phenoxy) is 3. The molecule has 4 aromatic heterocycles. The standard InChI is InChI=1S/C21H24N10O13P2/c22-14-8-15(25-4-24-14)30(5-26-8)18-10(32)11-7(41-18)1-39-45(34,35)44-12-13-21(2-38-13,3-40-46(36,37)43-11)42-19(12)31-6-27-9-16(31)28-20(23)29-17(9)33/h4-7,10-13,18-19,32H,1-3H2,(H,34,35)(H,36,37)(H2,22,24,25)(H3,23,28,29,33)/t7-,10+,11?,12+,13?,18-,19-,21-/m1/s1. The molecule has 4 aliphatic heterocycles. The molecule has 4 fully saturated rings. The fourth-order valence-corrected chi connectivity index (χ4v) is 7.85. The molecule has 4 aromatic rings. The van der Waals surface area contributed by atoms with E-state index in [0.717, 1.165) is 6.33 Å². The smallest absolute Gasteiger partial charge is 0.386 e. The molecule has 8 N–H and O–H groups in total. The Morgan fingerprint density at radius 3 is 2.41 bits per heavy atom. The molecule has 0 radical (unpaired) electrons. The summed E-state index contributed by atoms with van der Waals surface area (Å²) in [6.45, 7) is -1.63. The van der Waals surface area contributed by atoms with Gasteiger partial charge in [-0.2, -0.15) is 4.98 Å². The molecule has 4 saturated heterocycles. The Morgan fingerprint density at radius 2 is 1.65 bits per heavy atom. The zero-order valence-corrected chi connectivity index (χ0v) is 24.8. The van der Waals surface area contributed by atoms with Crippen LogP contribution in [0.4, 0.5) is 11.8 Å². The van der Waals surface area contributed by atoms with E-state index in [1.54, 1.807) is 0 Å². The van der Waals surface area contributed by atoms with Crippen molar-refractivity contribution in [2.24, 2.45) is 0 Å². The highest BCUT2D eigenvalue weighted by molar-refractivity contribution is 7.47. The molecule has 8 heterocycles. The lowest BCUT2D eigenvalue weighted by molar-refractivity contribution is -0.244. The van der Waals surface area contributed by atoms with Crippen molar-refractivity contribution in [2.45, 2.75) is 48.6 Å². The van der Waals surface area contributed by atoms with Crippen LogP contribution in [-0.4, -0.2) is 110 Å². The number of aromatic amines is 1. The average Bonchev–Trinajstić information content (AvgIpc) is 3.71. The third-order valence-electron chi connectivity index (χ3n) is 8.04. The van der Waals surface area contributed by atoms with E-state index >= 15 is 0 Å². The Balaban J connectivity index is 1.14. The molecule has 23 nitrogen and oxygen atoms in total. The van der Waals surface area contributed by atoms with Crippen LogP contribution in [0, 0.1) is 0 Å². The number of aromatic nitrogens is 8. The highest BCUT2D eigenvalue weighted by Crippen LogP contribution is 2.58. The van der Waals surface area contributed by atoms with Gasteiger partial charge in [-0.3, -0.25) is 37.0 Å². The number of rotatable bonds is 2. The van der Waals surface area contributed by atoms with E-state index < -0.39 is 83.0 Å². The Labute approximate surface area is 254 Å². The van der Waals surface area contributed by atoms with Crippen LogP contribution < -0.4 is 17.0 Å². The van der Waals surface area contributed by atoms with Gasteiger partial charge in [-0.05, 0) is 0 Å². The normalized spacial score (nSPS) is 39.7. The Bertz CT molecular complexity index is 2020. The molecule has 8 rings (SSSR count). The Hall–Kier alpha value is -3.44. The van der Waals surface area contributed by atoms with Crippen LogP contribution in [0.1, 0.15) is 12.5 Å². The third-order valence-corrected chi connectivity index (χ3v) is 9.99. The highest BCUT2D eigenvalue weighted by Gasteiger charge is 2.66. The summed E-state index contributed by atoms with van der Waals surface area (Å²) < 4.78 is 68.4. The SMILES string of the molecule is Nc1nc2c(ncn2[C@@H]2O[C@@]34COC3[C@@H]2OP(=O)(O)OC[C@H]2O[C@@H](n3cnc5c(N)ncnc53)[C@@H](O)C2OP(=O)(O)OC4)c(=O)[nH]1. The number of anilines is 2. The summed E-state index contributed by atoms with van der Waals surface area (Å²) in [5.41, 5.74) is 9.58. The summed E-state index contributed by atoms with van der Waals surface area (Å²) in [5, 5.41) is 11.2. The van der Waals surface area contributed by atoms with E-state index in [1.807, 2.05) is 0 Å². The lowest BCUT2D eigenvalue weighted by atomic mass is 9.91. The number of aliphatic hydroxyl groups excluding tert-OH is 1. The van der Waals surface area contributed by atoms with Crippen molar-refractivity contribution >= 4 is 49.7 Å². The predicted molar refractivity (Wildman–Crippen MR) is 146 cm³/mol. The zero-order chi connectivity index (χ0) is 32.2. The van der Waals surface area contributed by atoms with Crippen LogP contribution in [0.2, 0.25) is 0 Å². The van der Waals surface area contributed by atoms with Crippen LogP contribution in [0.5, 0.6) is 0 Å². The van der Waals surface area contributed by atoms with Crippen molar-refractivity contribution in [1.82, 2.24) is 39.0 Å². The molecule has 46 heavy (non-hydrogen) atoms. The molecule has 0 aromatic carbocycles. The van der Waals surface area contributed by atoms with Gasteiger partial charge < -0.3 is 40.6 Å². The molecule has 2 bridgehead atoms. The van der Waals surface area contributed by atoms with Crippen LogP contribution in [-0.2, 0) is 41.4 Å². The number of nitrogens with zero attached hydrogens (tertiary/aromatic N) is 7. The molecule has 25 heteroatoms. The quantitative estimate of drug-likeness (QED) is 0.125. The number of hydrogen-bond acceptors (Lipinski definition) is 18. The Morgan fingerprint density at radius 1 is 0.935 bits per heavy atom. The van der Waals surface area contributed by atoms with Gasteiger partial charge in [0, 0.05) is 0 Å². The van der Waals surface area contributed by atoms with Crippen molar-refractivity contribution in [3.63, 3.8) is 0 Å². The second-order valence-electron chi connectivity index (χ2n) is 10.9. The summed E-state index contributed by atoms with van der Waals surface area (Å²) in [7, 11) is -10.0. The third kappa shape index (κ3) is 4.67. The minimum atomic E-state index is -5.03. The largest absolute Gasteiger partial charge is 0.472 e. The summed E-state index contributed by atoms with van der Waals surface area (Å²) in [6.07, 6.45) is -6.42. The van der Waals surface area contributed by atoms with Crippen molar-refractivity contribution in [3.05, 3.63) is 29.3 Å². The van der Waals surface area contributed by atoms with E-state index in [-0.39, 0.29) is 40.7 Å². The minimum Gasteiger partial charge on any atom is -0.386 e. The van der Waals surface area contributed by atoms with Gasteiger partial charge in [0.2, 0.25) is 5.95 Å². The number of H-pyrrole nitrogens is 1. The molecule has 0 amide bonds. The molecule has 10 atom stereocenters. The maximum absolute atomic E-state index is 13.4. The van der Waals surface area contributed by atoms with Crippen LogP contribution in [0.25, 0.3) is 22.3 Å². The molecular formula is C21H24N10O13P2. The van der Waals surface area contributed by atoms with Gasteiger partial charge in [0.15, 0.2) is 35.1 Å². The molecule has 0 saturated carbocycles. The van der Waals surface area contributed by atoms with Crippen molar-refractivity contribution in [3.8, 4) is 0 Å². The van der Waals surface area contributed by atoms with E-state index in [1.165, 1.54) is 21.8 Å². The zero-order valence-electron chi connectivity index (χ0n) is 23.0. The molecular weight excluding hydrogens is 662 g/mol. The van der Waals surface area contributed by atoms with Gasteiger partial charge in [-0.1, -0.05) is 0 Å². The van der Waals surface area contributed by atoms with Gasteiger partial charge in [0.25, 0.3) is 5.56 Å². The second kappa shape index (κ2) is 10.3. The van der Waals surface area contributed by atoms with Crippen molar-refractivity contribution < 1.29 is 56.3 Å². The average molecular weight is 686 g/mol. The monoisotopic (exact) mass is 686 g/mol. The number of phosphoric acid groups is 2. The second-order valence-corrected chi connectivity index (χ2v) is 13.7.